The summed E-state index contributed by atoms with van der Waals surface area (Å²) in [5, 5.41) is 0. The number of carbonyl (C=O) groups excluding carboxylic acids is 2. The third-order valence-corrected chi connectivity index (χ3v) is 2.31. The predicted molar refractivity (Wildman–Crippen MR) is 112 cm³/mol. The van der Waals surface area contributed by atoms with E-state index < -0.39 is 11.9 Å². The zero-order valence-corrected chi connectivity index (χ0v) is 17.9. The van der Waals surface area contributed by atoms with Crippen LogP contribution in [0, 0.1) is 5.92 Å². The Bertz CT molecular complexity index is 631. The largest absolute Gasteiger partial charge is 0.426 e. The lowest BCUT2D eigenvalue weighted by molar-refractivity contribution is -0.131. The molecule has 0 bridgehead atoms. The van der Waals surface area contributed by atoms with Crippen LogP contribution >= 0.6 is 0 Å². The molecule has 0 spiro atoms. The van der Waals surface area contributed by atoms with Gasteiger partial charge in [0.2, 0.25) is 0 Å². The van der Waals surface area contributed by atoms with E-state index >= 15 is 0 Å². The molecule has 4 heteroatoms. The maximum atomic E-state index is 12.0. The lowest BCUT2D eigenvalue weighted by Gasteiger charge is -2.08. The number of carbonyl (C=O) groups is 2. The molecule has 0 heterocycles. The lowest BCUT2D eigenvalue weighted by atomic mass is 10.2. The van der Waals surface area contributed by atoms with E-state index in [-0.39, 0.29) is 11.3 Å². The molecule has 0 unspecified atom stereocenters. The summed E-state index contributed by atoms with van der Waals surface area (Å²) in [6.07, 6.45) is 0. The van der Waals surface area contributed by atoms with Gasteiger partial charge in [-0.3, -0.25) is 4.79 Å². The third kappa shape index (κ3) is 13.3. The first-order valence-electron chi connectivity index (χ1n) is 9.44. The summed E-state index contributed by atoms with van der Waals surface area (Å²) in [7, 11) is 0. The first kappa shape index (κ1) is 26.6. The van der Waals surface area contributed by atoms with Crippen LogP contribution in [0.1, 0.15) is 65.7 Å². The van der Waals surface area contributed by atoms with Gasteiger partial charge < -0.3 is 9.47 Å². The number of rotatable bonds is 3. The molecule has 0 saturated heterocycles. The van der Waals surface area contributed by atoms with Crippen LogP contribution in [-0.2, 0) is 4.79 Å². The minimum absolute atomic E-state index is 0.191. The Kier molecular flexibility index (Phi) is 16.6. The van der Waals surface area contributed by atoms with Crippen LogP contribution in [0.25, 0.3) is 0 Å². The number of esters is 2. The van der Waals surface area contributed by atoms with Gasteiger partial charge in [0.1, 0.15) is 17.1 Å². The minimum Gasteiger partial charge on any atom is -0.426 e. The molecule has 150 valence electrons. The Labute approximate surface area is 164 Å². The Balaban J connectivity index is 0. The summed E-state index contributed by atoms with van der Waals surface area (Å²) in [6, 6.07) is 15.1. The maximum absolute atomic E-state index is 12.0. The molecule has 0 aliphatic rings. The summed E-state index contributed by atoms with van der Waals surface area (Å²) < 4.78 is 10.2. The third-order valence-electron chi connectivity index (χ3n) is 2.31. The van der Waals surface area contributed by atoms with Crippen molar-refractivity contribution >= 4 is 11.9 Å². The molecule has 0 aliphatic heterocycles. The van der Waals surface area contributed by atoms with E-state index in [9.17, 15) is 9.59 Å². The van der Waals surface area contributed by atoms with E-state index in [1.807, 2.05) is 33.8 Å². The van der Waals surface area contributed by atoms with Gasteiger partial charge >= 0.3 is 11.9 Å². The fourth-order valence-corrected chi connectivity index (χ4v) is 1.53. The normalized spacial score (nSPS) is 8.63. The monoisotopic (exact) mass is 374 g/mol. The quantitative estimate of drug-likeness (QED) is 0.452. The first-order valence-corrected chi connectivity index (χ1v) is 9.44. The van der Waals surface area contributed by atoms with Crippen molar-refractivity contribution in [3.8, 4) is 11.5 Å². The molecule has 4 nitrogen and oxygen atoms in total. The number of hydrogen-bond donors (Lipinski definition) is 0. The molecular weight excluding hydrogens is 340 g/mol. The first-order chi connectivity index (χ1) is 12.9. The van der Waals surface area contributed by atoms with Gasteiger partial charge in [-0.1, -0.05) is 78.8 Å². The Hall–Kier alpha value is -2.62. The van der Waals surface area contributed by atoms with Gasteiger partial charge in [0.25, 0.3) is 0 Å². The average Bonchev–Trinajstić information content (AvgIpc) is 2.65. The summed E-state index contributed by atoms with van der Waals surface area (Å²) in [5.74, 6) is 0.407. The molecule has 0 aliphatic carbocycles. The molecule has 0 atom stereocenters. The minimum atomic E-state index is -0.567. The van der Waals surface area contributed by atoms with Gasteiger partial charge in [0.05, 0.1) is 0 Å². The standard InChI is InChI=1S/C15H12O4.C4H10.2C2H6/c1-11(16)18-14-10-6-5-9-13(14)15(17)19-12-7-3-2-4-8-12;1-4(2)3;2*1-2/h2-10H,1H3;4H,1-3H3;2*1-2H3. The second-order valence-corrected chi connectivity index (χ2v) is 5.52. The molecule has 0 amide bonds. The molecular formula is C23H34O4. The topological polar surface area (TPSA) is 52.6 Å². The van der Waals surface area contributed by atoms with Crippen LogP contribution in [0.5, 0.6) is 11.5 Å². The van der Waals surface area contributed by atoms with Crippen LogP contribution in [0.3, 0.4) is 0 Å². The van der Waals surface area contributed by atoms with E-state index in [1.165, 1.54) is 6.92 Å². The highest BCUT2D eigenvalue weighted by atomic mass is 16.5. The Morgan fingerprint density at radius 2 is 1.19 bits per heavy atom. The highest BCUT2D eigenvalue weighted by Crippen LogP contribution is 2.20. The molecule has 0 aromatic heterocycles. The maximum Gasteiger partial charge on any atom is 0.347 e. The molecule has 0 fully saturated rings. The molecule has 2 aromatic carbocycles. The smallest absolute Gasteiger partial charge is 0.347 e. The average molecular weight is 375 g/mol. The molecule has 0 saturated carbocycles. The van der Waals surface area contributed by atoms with Gasteiger partial charge in [-0.25, -0.2) is 4.79 Å². The van der Waals surface area contributed by atoms with Gasteiger partial charge in [-0.2, -0.15) is 0 Å². The molecule has 27 heavy (non-hydrogen) atoms. The fraction of sp³-hybridized carbons (Fsp3) is 0.391. The van der Waals surface area contributed by atoms with Crippen molar-refractivity contribution in [1.29, 1.82) is 0 Å². The van der Waals surface area contributed by atoms with E-state index in [0.29, 0.717) is 5.75 Å². The number of benzene rings is 2. The van der Waals surface area contributed by atoms with Crippen LogP contribution in [0.15, 0.2) is 54.6 Å². The second-order valence-electron chi connectivity index (χ2n) is 5.52. The zero-order chi connectivity index (χ0) is 21.2. The van der Waals surface area contributed by atoms with Crippen LogP contribution < -0.4 is 9.47 Å². The molecule has 2 rings (SSSR count). The highest BCUT2D eigenvalue weighted by molar-refractivity contribution is 5.94. The van der Waals surface area contributed by atoms with Gasteiger partial charge in [0, 0.05) is 6.92 Å². The highest BCUT2D eigenvalue weighted by Gasteiger charge is 2.15. The number of para-hydroxylation sites is 2. The van der Waals surface area contributed by atoms with E-state index in [0.717, 1.165) is 5.92 Å². The Morgan fingerprint density at radius 1 is 0.741 bits per heavy atom. The van der Waals surface area contributed by atoms with Crippen molar-refractivity contribution in [1.82, 2.24) is 0 Å². The SMILES string of the molecule is CC.CC.CC(=O)Oc1ccccc1C(=O)Oc1ccccc1.CC(C)C. The van der Waals surface area contributed by atoms with E-state index in [1.54, 1.807) is 48.5 Å². The summed E-state index contributed by atoms with van der Waals surface area (Å²) in [6.45, 7) is 15.8. The van der Waals surface area contributed by atoms with Crippen LogP contribution in [0.4, 0.5) is 0 Å². The van der Waals surface area contributed by atoms with Crippen molar-refractivity contribution in [3.05, 3.63) is 60.2 Å². The summed E-state index contributed by atoms with van der Waals surface area (Å²) in [5.41, 5.74) is 0.210. The molecule has 0 radical (unpaired) electrons. The predicted octanol–water partition coefficient (Wildman–Crippen LogP) is 6.55. The zero-order valence-electron chi connectivity index (χ0n) is 17.9. The van der Waals surface area contributed by atoms with Crippen molar-refractivity contribution in [2.45, 2.75) is 55.4 Å². The summed E-state index contributed by atoms with van der Waals surface area (Å²) >= 11 is 0. The van der Waals surface area contributed by atoms with Crippen molar-refractivity contribution < 1.29 is 19.1 Å². The summed E-state index contributed by atoms with van der Waals surface area (Å²) in [4.78, 5) is 23.0. The van der Waals surface area contributed by atoms with Gasteiger partial charge in [-0.05, 0) is 30.2 Å². The van der Waals surface area contributed by atoms with Crippen molar-refractivity contribution in [2.24, 2.45) is 5.92 Å². The number of hydrogen-bond acceptors (Lipinski definition) is 4. The van der Waals surface area contributed by atoms with Crippen molar-refractivity contribution in [3.63, 3.8) is 0 Å². The van der Waals surface area contributed by atoms with E-state index in [4.69, 9.17) is 9.47 Å². The van der Waals surface area contributed by atoms with Crippen molar-refractivity contribution in [2.75, 3.05) is 0 Å². The Morgan fingerprint density at radius 3 is 1.67 bits per heavy atom. The van der Waals surface area contributed by atoms with Gasteiger partial charge in [0.15, 0.2) is 0 Å². The lowest BCUT2D eigenvalue weighted by Crippen LogP contribution is -2.12. The second kappa shape index (κ2) is 16.8. The van der Waals surface area contributed by atoms with Crippen LogP contribution in [0.2, 0.25) is 0 Å². The fourth-order valence-electron chi connectivity index (χ4n) is 1.53. The molecule has 0 N–H and O–H groups in total. The molecule has 2 aromatic rings. The van der Waals surface area contributed by atoms with Gasteiger partial charge in [-0.15, -0.1) is 0 Å². The number of ether oxygens (including phenoxy) is 2. The van der Waals surface area contributed by atoms with E-state index in [2.05, 4.69) is 20.8 Å². The van der Waals surface area contributed by atoms with Crippen LogP contribution in [-0.4, -0.2) is 11.9 Å².